The highest BCUT2D eigenvalue weighted by atomic mass is 32.2. The van der Waals surface area contributed by atoms with Crippen molar-refractivity contribution in [1.29, 1.82) is 0 Å². The summed E-state index contributed by atoms with van der Waals surface area (Å²) in [4.78, 5) is 7.47. The third-order valence-electron chi connectivity index (χ3n) is 5.64. The first-order valence-electron chi connectivity index (χ1n) is 10.7. The first-order valence-corrected chi connectivity index (χ1v) is 12.6. The Morgan fingerprint density at radius 1 is 1.19 bits per heavy atom. The van der Waals surface area contributed by atoms with Crippen molar-refractivity contribution in [2.75, 3.05) is 18.0 Å². The number of thiocarbonyl (C=S) groups is 1. The van der Waals surface area contributed by atoms with Crippen LogP contribution in [0.5, 0.6) is 0 Å². The van der Waals surface area contributed by atoms with Gasteiger partial charge in [-0.25, -0.2) is 13.4 Å². The van der Waals surface area contributed by atoms with Crippen molar-refractivity contribution in [2.24, 2.45) is 0 Å². The summed E-state index contributed by atoms with van der Waals surface area (Å²) in [6, 6.07) is 12.9. The van der Waals surface area contributed by atoms with E-state index in [1.165, 1.54) is 0 Å². The number of allylic oxidation sites excluding steroid dienone is 2. The van der Waals surface area contributed by atoms with Crippen LogP contribution in [-0.2, 0) is 16.4 Å². The Balaban J connectivity index is 1.82. The predicted octanol–water partition coefficient (Wildman–Crippen LogP) is 4.93. The van der Waals surface area contributed by atoms with E-state index in [1.54, 1.807) is 34.8 Å². The third kappa shape index (κ3) is 5.23. The molecular weight excluding hydrogens is 438 g/mol. The Bertz CT molecular complexity index is 1090. The van der Waals surface area contributed by atoms with Gasteiger partial charge in [0.1, 0.15) is 10.8 Å². The van der Waals surface area contributed by atoms with Gasteiger partial charge in [0.15, 0.2) is 0 Å². The average Bonchev–Trinajstić information content (AvgIpc) is 2.83. The summed E-state index contributed by atoms with van der Waals surface area (Å²) >= 11 is 5.79. The number of aromatic nitrogens is 1. The zero-order chi connectivity index (χ0) is 23.1. The Kier molecular flexibility index (Phi) is 8.12. The molecule has 2 heterocycles. The van der Waals surface area contributed by atoms with E-state index < -0.39 is 10.0 Å². The molecule has 1 aromatic heterocycles. The minimum Gasteiger partial charge on any atom is -0.314 e. The van der Waals surface area contributed by atoms with Gasteiger partial charge in [0, 0.05) is 30.9 Å². The van der Waals surface area contributed by atoms with Crippen LogP contribution in [0, 0.1) is 0 Å². The number of aryl methyl sites for hydroxylation is 1. The van der Waals surface area contributed by atoms with E-state index in [0.29, 0.717) is 35.8 Å². The molecule has 5 nitrogen and oxygen atoms in total. The van der Waals surface area contributed by atoms with E-state index in [2.05, 4.69) is 18.1 Å². The predicted molar refractivity (Wildman–Crippen MR) is 135 cm³/mol. The molecule has 7 heteroatoms. The molecule has 0 N–H and O–H groups in total. The molecule has 2 aromatic rings. The van der Waals surface area contributed by atoms with E-state index >= 15 is 0 Å². The summed E-state index contributed by atoms with van der Waals surface area (Å²) in [6.07, 6.45) is 9.10. The molecule has 3 rings (SSSR count). The van der Waals surface area contributed by atoms with Gasteiger partial charge in [-0.3, -0.25) is 0 Å². The van der Waals surface area contributed by atoms with Crippen LogP contribution in [-0.4, -0.2) is 41.8 Å². The fraction of sp³-hybridized carbons (Fsp3) is 0.280. The number of sulfonamides is 1. The second-order valence-electron chi connectivity index (χ2n) is 7.56. The monoisotopic (exact) mass is 467 g/mol. The van der Waals surface area contributed by atoms with Crippen molar-refractivity contribution < 1.29 is 8.42 Å². The Morgan fingerprint density at radius 3 is 2.41 bits per heavy atom. The van der Waals surface area contributed by atoms with Crippen molar-refractivity contribution in [2.45, 2.75) is 37.1 Å². The first-order chi connectivity index (χ1) is 15.4. The number of anilines is 1. The number of benzene rings is 1. The molecule has 32 heavy (non-hydrogen) atoms. The van der Waals surface area contributed by atoms with Crippen molar-refractivity contribution in [3.05, 3.63) is 91.2 Å². The van der Waals surface area contributed by atoms with Crippen molar-refractivity contribution in [3.63, 3.8) is 0 Å². The fourth-order valence-electron chi connectivity index (χ4n) is 3.83. The molecule has 1 fully saturated rings. The second kappa shape index (κ2) is 10.8. The van der Waals surface area contributed by atoms with E-state index in [4.69, 9.17) is 12.2 Å². The van der Waals surface area contributed by atoms with Gasteiger partial charge >= 0.3 is 0 Å². The Hall–Kier alpha value is -2.61. The quantitative estimate of drug-likeness (QED) is 0.313. The molecule has 0 spiro atoms. The van der Waals surface area contributed by atoms with Gasteiger partial charge in [0.05, 0.1) is 4.90 Å². The lowest BCUT2D eigenvalue weighted by Crippen LogP contribution is -2.49. The maximum Gasteiger partial charge on any atom is 0.243 e. The number of rotatable bonds is 8. The first kappa shape index (κ1) is 24.0. The van der Waals surface area contributed by atoms with Gasteiger partial charge in [0.2, 0.25) is 10.0 Å². The number of hydrogen-bond acceptors (Lipinski definition) is 4. The summed E-state index contributed by atoms with van der Waals surface area (Å²) in [5.41, 5.74) is 1.90. The van der Waals surface area contributed by atoms with Gasteiger partial charge in [-0.2, -0.15) is 4.31 Å². The highest BCUT2D eigenvalue weighted by Gasteiger charge is 2.33. The maximum absolute atomic E-state index is 13.1. The van der Waals surface area contributed by atoms with Crippen LogP contribution in [0.1, 0.15) is 25.3 Å². The molecule has 0 unspecified atom stereocenters. The molecule has 0 aliphatic carbocycles. The molecule has 0 radical (unpaired) electrons. The number of piperidine rings is 1. The Labute approximate surface area is 196 Å². The Morgan fingerprint density at radius 2 is 1.88 bits per heavy atom. The topological polar surface area (TPSA) is 53.5 Å². The van der Waals surface area contributed by atoms with Crippen molar-refractivity contribution >= 4 is 33.0 Å². The SMILES string of the molecule is C=C/C=C(\C=C)C(=S)N(c1ccccn1)C1CCN(S(=O)(=O)c2ccc(CC)cc2)CC1. The van der Waals surface area contributed by atoms with Gasteiger partial charge in [-0.15, -0.1) is 0 Å². The lowest BCUT2D eigenvalue weighted by molar-refractivity contribution is 0.320. The molecule has 0 saturated carbocycles. The molecule has 1 aliphatic heterocycles. The maximum atomic E-state index is 13.1. The lowest BCUT2D eigenvalue weighted by atomic mass is 10.0. The fourth-order valence-corrected chi connectivity index (χ4v) is 5.70. The number of hydrogen-bond donors (Lipinski definition) is 0. The van der Waals surface area contributed by atoms with Gasteiger partial charge in [-0.1, -0.05) is 68.7 Å². The average molecular weight is 468 g/mol. The molecule has 1 aromatic carbocycles. The minimum atomic E-state index is -3.53. The summed E-state index contributed by atoms with van der Waals surface area (Å²) in [5.74, 6) is 0.741. The van der Waals surface area contributed by atoms with Gasteiger partial charge in [0.25, 0.3) is 0 Å². The van der Waals surface area contributed by atoms with Crippen molar-refractivity contribution in [1.82, 2.24) is 9.29 Å². The van der Waals surface area contributed by atoms with E-state index in [0.717, 1.165) is 23.4 Å². The standard InChI is InChI=1S/C25H29N3O2S2/c1-4-9-21(6-3)25(31)28(24-10-7-8-17-26-24)22-15-18-27(19-16-22)32(29,30)23-13-11-20(5-2)12-14-23/h4,6-14,17,22H,1,3,5,15-16,18-19H2,2H3/b21-9+. The minimum absolute atomic E-state index is 0.0273. The summed E-state index contributed by atoms with van der Waals surface area (Å²) in [5, 5.41) is 0. The van der Waals surface area contributed by atoms with Crippen LogP contribution < -0.4 is 4.90 Å². The van der Waals surface area contributed by atoms with Crippen LogP contribution >= 0.6 is 12.2 Å². The van der Waals surface area contributed by atoms with E-state index in [1.807, 2.05) is 48.2 Å². The molecule has 0 bridgehead atoms. The highest BCUT2D eigenvalue weighted by molar-refractivity contribution is 7.89. The number of nitrogens with zero attached hydrogens (tertiary/aromatic N) is 3. The van der Waals surface area contributed by atoms with Crippen LogP contribution in [0.3, 0.4) is 0 Å². The van der Waals surface area contributed by atoms with Crippen LogP contribution in [0.4, 0.5) is 5.82 Å². The third-order valence-corrected chi connectivity index (χ3v) is 7.98. The smallest absolute Gasteiger partial charge is 0.243 e. The highest BCUT2D eigenvalue weighted by Crippen LogP contribution is 2.28. The normalized spacial score (nSPS) is 15.8. The second-order valence-corrected chi connectivity index (χ2v) is 9.88. The largest absolute Gasteiger partial charge is 0.314 e. The van der Waals surface area contributed by atoms with Crippen LogP contribution in [0.2, 0.25) is 0 Å². The molecule has 0 atom stereocenters. The van der Waals surface area contributed by atoms with Gasteiger partial charge < -0.3 is 4.90 Å². The van der Waals surface area contributed by atoms with Crippen LogP contribution in [0.15, 0.2) is 90.5 Å². The molecule has 168 valence electrons. The number of pyridine rings is 1. The molecule has 1 aliphatic rings. The van der Waals surface area contributed by atoms with E-state index in [9.17, 15) is 8.42 Å². The molecule has 0 amide bonds. The zero-order valence-corrected chi connectivity index (χ0v) is 20.0. The summed E-state index contributed by atoms with van der Waals surface area (Å²) in [7, 11) is -3.53. The van der Waals surface area contributed by atoms with E-state index in [-0.39, 0.29) is 6.04 Å². The lowest BCUT2D eigenvalue weighted by Gasteiger charge is -2.39. The van der Waals surface area contributed by atoms with Gasteiger partial charge in [-0.05, 0) is 49.1 Å². The zero-order valence-electron chi connectivity index (χ0n) is 18.4. The molecular formula is C25H29N3O2S2. The molecule has 1 saturated heterocycles. The summed E-state index contributed by atoms with van der Waals surface area (Å²) in [6.45, 7) is 10.5. The summed E-state index contributed by atoms with van der Waals surface area (Å²) < 4.78 is 27.9. The van der Waals surface area contributed by atoms with Crippen LogP contribution in [0.25, 0.3) is 0 Å². The van der Waals surface area contributed by atoms with Crippen molar-refractivity contribution in [3.8, 4) is 0 Å².